The third-order valence-electron chi connectivity index (χ3n) is 8.38. The number of benzene rings is 1. The molecule has 0 saturated heterocycles. The van der Waals surface area contributed by atoms with E-state index in [2.05, 4.69) is 30.5 Å². The van der Waals surface area contributed by atoms with E-state index in [1.807, 2.05) is 34.1 Å². The molecule has 4 aliphatic carbocycles. The van der Waals surface area contributed by atoms with Gasteiger partial charge in [-0.2, -0.15) is 0 Å². The first-order chi connectivity index (χ1) is 16.5. The van der Waals surface area contributed by atoms with Crippen molar-refractivity contribution < 1.29 is 9.59 Å². The molecule has 0 radical (unpaired) electrons. The zero-order valence-corrected chi connectivity index (χ0v) is 21.3. The minimum Gasteiger partial charge on any atom is -0.333 e. The molecule has 0 spiro atoms. The quantitative estimate of drug-likeness (QED) is 0.413. The fourth-order valence-corrected chi connectivity index (χ4v) is 7.92. The number of thiophene rings is 1. The third-order valence-corrected chi connectivity index (χ3v) is 9.24. The maximum Gasteiger partial charge on any atom is 0.242 e. The van der Waals surface area contributed by atoms with E-state index < -0.39 is 0 Å². The van der Waals surface area contributed by atoms with Crippen LogP contribution < -0.4 is 0 Å². The van der Waals surface area contributed by atoms with Gasteiger partial charge >= 0.3 is 0 Å². The molecular weight excluding hydrogens is 440 g/mol. The van der Waals surface area contributed by atoms with Crippen LogP contribution in [0.3, 0.4) is 0 Å². The molecule has 4 nitrogen and oxygen atoms in total. The van der Waals surface area contributed by atoms with Crippen LogP contribution in [0.4, 0.5) is 0 Å². The van der Waals surface area contributed by atoms with Crippen LogP contribution >= 0.6 is 11.3 Å². The summed E-state index contributed by atoms with van der Waals surface area (Å²) in [5.74, 6) is 2.53. The Morgan fingerprint density at radius 1 is 0.912 bits per heavy atom. The van der Waals surface area contributed by atoms with Gasteiger partial charge < -0.3 is 9.80 Å². The van der Waals surface area contributed by atoms with E-state index in [1.54, 1.807) is 11.3 Å². The van der Waals surface area contributed by atoms with Crippen LogP contribution in [0.2, 0.25) is 0 Å². The van der Waals surface area contributed by atoms with Crippen molar-refractivity contribution in [3.05, 3.63) is 58.3 Å². The molecule has 0 N–H and O–H groups in total. The lowest BCUT2D eigenvalue weighted by atomic mass is 9.49. The molecule has 6 rings (SSSR count). The third kappa shape index (κ3) is 5.10. The highest BCUT2D eigenvalue weighted by Gasteiger charge is 2.55. The fraction of sp³-hybridized carbons (Fsp3) is 0.586. The molecule has 1 aromatic carbocycles. The second kappa shape index (κ2) is 10.2. The fourth-order valence-electron chi connectivity index (χ4n) is 7.20. The molecule has 5 heteroatoms. The van der Waals surface area contributed by atoms with Gasteiger partial charge in [0.1, 0.15) is 0 Å². The molecule has 1 aromatic heterocycles. The molecule has 4 bridgehead atoms. The SMILES string of the molecule is CCCCN(CC(=O)N(Cc1ccccc1)Cc1cccs1)C(=O)C12CC3CC(CC(C3)C1)C2. The highest BCUT2D eigenvalue weighted by molar-refractivity contribution is 7.09. The smallest absolute Gasteiger partial charge is 0.242 e. The molecule has 0 atom stereocenters. The molecule has 4 saturated carbocycles. The number of carbonyl (C=O) groups excluding carboxylic acids is 2. The molecule has 0 aliphatic heterocycles. The standard InChI is InChI=1S/C29H38N2O2S/c1-2-3-11-30(28(33)29-16-23-13-24(17-29)15-25(14-23)18-29)21-27(32)31(20-26-10-7-12-34-26)19-22-8-5-4-6-9-22/h4-10,12,23-25H,2-3,11,13-21H2,1H3. The normalized spacial score (nSPS) is 27.0. The van der Waals surface area contributed by atoms with Crippen molar-refractivity contribution in [1.82, 2.24) is 9.80 Å². The van der Waals surface area contributed by atoms with Crippen molar-refractivity contribution in [2.75, 3.05) is 13.1 Å². The Bertz CT molecular complexity index is 936. The molecule has 2 aromatic rings. The second-order valence-electron chi connectivity index (χ2n) is 11.1. The van der Waals surface area contributed by atoms with Crippen LogP contribution in [-0.2, 0) is 22.7 Å². The van der Waals surface area contributed by atoms with Crippen molar-refractivity contribution in [1.29, 1.82) is 0 Å². The Kier molecular flexibility index (Phi) is 7.10. The van der Waals surface area contributed by atoms with E-state index >= 15 is 0 Å². The summed E-state index contributed by atoms with van der Waals surface area (Å²) in [6.07, 6.45) is 9.12. The van der Waals surface area contributed by atoms with Crippen LogP contribution in [0.15, 0.2) is 47.8 Å². The molecule has 4 aliphatic rings. The van der Waals surface area contributed by atoms with Crippen LogP contribution in [-0.4, -0.2) is 34.7 Å². The summed E-state index contributed by atoms with van der Waals surface area (Å²) in [6.45, 7) is 4.23. The maximum atomic E-state index is 14.1. The summed E-state index contributed by atoms with van der Waals surface area (Å²) in [5, 5.41) is 2.06. The number of unbranched alkanes of at least 4 members (excludes halogenated alkanes) is 1. The first-order valence-corrected chi connectivity index (χ1v) is 14.1. The minimum absolute atomic E-state index is 0.0615. The van der Waals surface area contributed by atoms with E-state index in [1.165, 1.54) is 24.1 Å². The van der Waals surface area contributed by atoms with Gasteiger partial charge in [0.2, 0.25) is 11.8 Å². The molecule has 2 amide bonds. The van der Waals surface area contributed by atoms with E-state index in [0.717, 1.165) is 55.4 Å². The van der Waals surface area contributed by atoms with Gasteiger partial charge in [-0.15, -0.1) is 11.3 Å². The van der Waals surface area contributed by atoms with Crippen molar-refractivity contribution in [3.63, 3.8) is 0 Å². The summed E-state index contributed by atoms with van der Waals surface area (Å²) in [5.41, 5.74) is 0.931. The van der Waals surface area contributed by atoms with Crippen molar-refractivity contribution in [3.8, 4) is 0 Å². The van der Waals surface area contributed by atoms with Crippen molar-refractivity contribution in [2.24, 2.45) is 23.2 Å². The Morgan fingerprint density at radius 2 is 1.59 bits per heavy atom. The molecule has 4 fully saturated rings. The molecule has 182 valence electrons. The molecule has 1 heterocycles. The lowest BCUT2D eigenvalue weighted by molar-refractivity contribution is -0.160. The van der Waals surface area contributed by atoms with Gasteiger partial charge in [0, 0.05) is 18.0 Å². The highest BCUT2D eigenvalue weighted by Crippen LogP contribution is 2.60. The lowest BCUT2D eigenvalue weighted by Gasteiger charge is -2.56. The van der Waals surface area contributed by atoms with Crippen LogP contribution in [0.5, 0.6) is 0 Å². The topological polar surface area (TPSA) is 40.6 Å². The Hall–Kier alpha value is -2.14. The zero-order valence-electron chi connectivity index (χ0n) is 20.5. The van der Waals surface area contributed by atoms with Crippen LogP contribution in [0, 0.1) is 23.2 Å². The summed E-state index contributed by atoms with van der Waals surface area (Å²) in [4.78, 5) is 32.9. The Morgan fingerprint density at radius 3 is 2.18 bits per heavy atom. The summed E-state index contributed by atoms with van der Waals surface area (Å²) in [6, 6.07) is 14.3. The van der Waals surface area contributed by atoms with E-state index in [4.69, 9.17) is 0 Å². The highest BCUT2D eigenvalue weighted by atomic mass is 32.1. The maximum absolute atomic E-state index is 14.1. The number of hydrogen-bond donors (Lipinski definition) is 0. The largest absolute Gasteiger partial charge is 0.333 e. The minimum atomic E-state index is -0.194. The first kappa shape index (κ1) is 23.6. The number of nitrogens with zero attached hydrogens (tertiary/aromatic N) is 2. The summed E-state index contributed by atoms with van der Waals surface area (Å²) >= 11 is 1.68. The number of hydrogen-bond acceptors (Lipinski definition) is 3. The summed E-state index contributed by atoms with van der Waals surface area (Å²) < 4.78 is 0. The van der Waals surface area contributed by atoms with Gasteiger partial charge in [0.25, 0.3) is 0 Å². The van der Waals surface area contributed by atoms with Crippen molar-refractivity contribution in [2.45, 2.75) is 71.4 Å². The van der Waals surface area contributed by atoms with E-state index in [9.17, 15) is 9.59 Å². The van der Waals surface area contributed by atoms with Crippen LogP contribution in [0.25, 0.3) is 0 Å². The first-order valence-electron chi connectivity index (χ1n) is 13.2. The van der Waals surface area contributed by atoms with E-state index in [-0.39, 0.29) is 23.8 Å². The van der Waals surface area contributed by atoms with Gasteiger partial charge in [0.15, 0.2) is 0 Å². The van der Waals surface area contributed by atoms with Gasteiger partial charge in [0.05, 0.1) is 18.5 Å². The summed E-state index contributed by atoms with van der Waals surface area (Å²) in [7, 11) is 0. The number of amides is 2. The van der Waals surface area contributed by atoms with Gasteiger partial charge in [-0.25, -0.2) is 0 Å². The average Bonchev–Trinajstić information content (AvgIpc) is 3.34. The van der Waals surface area contributed by atoms with Gasteiger partial charge in [-0.3, -0.25) is 9.59 Å². The average molecular weight is 479 g/mol. The zero-order chi connectivity index (χ0) is 23.5. The van der Waals surface area contributed by atoms with Crippen LogP contribution in [0.1, 0.15) is 68.7 Å². The van der Waals surface area contributed by atoms with Crippen molar-refractivity contribution >= 4 is 23.2 Å². The monoisotopic (exact) mass is 478 g/mol. The Balaban J connectivity index is 1.34. The molecule has 0 unspecified atom stereocenters. The number of rotatable bonds is 10. The second-order valence-corrected chi connectivity index (χ2v) is 12.1. The van der Waals surface area contributed by atoms with Gasteiger partial charge in [-0.05, 0) is 79.7 Å². The molecule has 34 heavy (non-hydrogen) atoms. The lowest BCUT2D eigenvalue weighted by Crippen LogP contribution is -2.56. The van der Waals surface area contributed by atoms with E-state index in [0.29, 0.717) is 19.6 Å². The Labute approximate surface area is 208 Å². The predicted molar refractivity (Wildman–Crippen MR) is 137 cm³/mol. The van der Waals surface area contributed by atoms with Gasteiger partial charge in [-0.1, -0.05) is 49.7 Å². The molecular formula is C29H38N2O2S. The predicted octanol–water partition coefficient (Wildman–Crippen LogP) is 6.12. The number of carbonyl (C=O) groups is 2.